The average molecular weight is 476 g/mol. The second-order valence-electron chi connectivity index (χ2n) is 7.23. The summed E-state index contributed by atoms with van der Waals surface area (Å²) in [5.41, 5.74) is 1.89. The lowest BCUT2D eigenvalue weighted by molar-refractivity contribution is -0.113. The molecule has 1 N–H and O–H groups in total. The van der Waals surface area contributed by atoms with Crippen LogP contribution in [-0.4, -0.2) is 31.6 Å². The highest BCUT2D eigenvalue weighted by atomic mass is 35.5. The molecule has 0 radical (unpaired) electrons. The van der Waals surface area contributed by atoms with E-state index in [9.17, 15) is 4.79 Å². The minimum Gasteiger partial charge on any atom is -0.411 e. The van der Waals surface area contributed by atoms with Gasteiger partial charge in [-0.25, -0.2) is 4.68 Å². The summed E-state index contributed by atoms with van der Waals surface area (Å²) in [7, 11) is 0. The molecule has 0 saturated carbocycles. The molecule has 9 heteroatoms. The van der Waals surface area contributed by atoms with E-state index in [0.717, 1.165) is 16.5 Å². The van der Waals surface area contributed by atoms with E-state index in [1.165, 1.54) is 17.1 Å². The normalized spacial score (nSPS) is 11.1. The molecule has 0 aliphatic carbocycles. The number of benzene rings is 3. The number of carbonyl (C=O) groups excluding carboxylic acids is 1. The maximum Gasteiger partial charge on any atom is 0.277 e. The van der Waals surface area contributed by atoms with Crippen LogP contribution >= 0.6 is 23.4 Å². The van der Waals surface area contributed by atoms with E-state index in [1.807, 2.05) is 18.2 Å². The van der Waals surface area contributed by atoms with Gasteiger partial charge in [-0.3, -0.25) is 4.79 Å². The molecule has 2 heterocycles. The van der Waals surface area contributed by atoms with Crippen molar-refractivity contribution in [2.45, 2.75) is 11.8 Å². The third kappa shape index (κ3) is 4.92. The van der Waals surface area contributed by atoms with Crippen molar-refractivity contribution in [1.29, 1.82) is 0 Å². The van der Waals surface area contributed by atoms with E-state index < -0.39 is 0 Å². The van der Waals surface area contributed by atoms with Crippen molar-refractivity contribution in [3.63, 3.8) is 0 Å². The van der Waals surface area contributed by atoms with Crippen LogP contribution in [0.1, 0.15) is 5.56 Å². The van der Waals surface area contributed by atoms with Crippen molar-refractivity contribution in [3.8, 4) is 11.5 Å². The number of halogens is 1. The Bertz CT molecular complexity index is 1410. The van der Waals surface area contributed by atoms with Gasteiger partial charge in [0.1, 0.15) is 5.82 Å². The Balaban J connectivity index is 1.22. The minimum absolute atomic E-state index is 0.127. The molecule has 5 aromatic rings. The average Bonchev–Trinajstić information content (AvgIpc) is 3.48. The third-order valence-electron chi connectivity index (χ3n) is 5.01. The van der Waals surface area contributed by atoms with Gasteiger partial charge in [0, 0.05) is 16.7 Å². The smallest absolute Gasteiger partial charge is 0.277 e. The highest BCUT2D eigenvalue weighted by Crippen LogP contribution is 2.25. The highest BCUT2D eigenvalue weighted by molar-refractivity contribution is 7.99. The molecular weight excluding hydrogens is 458 g/mol. The Morgan fingerprint density at radius 3 is 2.70 bits per heavy atom. The van der Waals surface area contributed by atoms with Gasteiger partial charge in [0.2, 0.25) is 11.8 Å². The lowest BCUT2D eigenvalue weighted by Gasteiger charge is -2.11. The molecule has 3 aromatic carbocycles. The number of amides is 1. The summed E-state index contributed by atoms with van der Waals surface area (Å²) in [5, 5.41) is 18.6. The minimum atomic E-state index is -0.189. The van der Waals surface area contributed by atoms with Gasteiger partial charge in [-0.15, -0.1) is 10.2 Å². The van der Waals surface area contributed by atoms with E-state index >= 15 is 0 Å². The third-order valence-corrected chi connectivity index (χ3v) is 6.08. The van der Waals surface area contributed by atoms with Crippen LogP contribution in [-0.2, 0) is 11.3 Å². The molecule has 0 saturated heterocycles. The van der Waals surface area contributed by atoms with E-state index in [2.05, 4.69) is 44.9 Å². The Labute approximate surface area is 198 Å². The Hall–Kier alpha value is -3.62. The summed E-state index contributed by atoms with van der Waals surface area (Å²) >= 11 is 7.08. The summed E-state index contributed by atoms with van der Waals surface area (Å²) in [4.78, 5) is 12.5. The first kappa shape index (κ1) is 21.2. The Morgan fingerprint density at radius 2 is 1.82 bits per heavy atom. The van der Waals surface area contributed by atoms with E-state index in [0.29, 0.717) is 28.5 Å². The van der Waals surface area contributed by atoms with Crippen LogP contribution in [0.3, 0.4) is 0 Å². The fourth-order valence-electron chi connectivity index (χ4n) is 3.44. The molecule has 0 unspecified atom stereocenters. The van der Waals surface area contributed by atoms with Crippen LogP contribution in [0.15, 0.2) is 88.6 Å². The van der Waals surface area contributed by atoms with Crippen LogP contribution in [0.25, 0.3) is 22.2 Å². The lowest BCUT2D eigenvalue weighted by Crippen LogP contribution is -2.18. The monoisotopic (exact) mass is 475 g/mol. The SMILES string of the molecule is O=C(CSc1nnc(-c2ccc(Cl)cc2)o1)Nc1ccnn1Cc1cccc2ccccc12. The molecule has 0 spiro atoms. The molecule has 5 rings (SSSR count). The van der Waals surface area contributed by atoms with Crippen LogP contribution < -0.4 is 5.32 Å². The van der Waals surface area contributed by atoms with Crippen LogP contribution in [0, 0.1) is 0 Å². The van der Waals surface area contributed by atoms with Crippen molar-refractivity contribution in [2.75, 3.05) is 11.1 Å². The zero-order chi connectivity index (χ0) is 22.6. The topological polar surface area (TPSA) is 85.8 Å². The first-order valence-electron chi connectivity index (χ1n) is 10.2. The van der Waals surface area contributed by atoms with Gasteiger partial charge in [0.25, 0.3) is 5.22 Å². The second kappa shape index (κ2) is 9.48. The van der Waals surface area contributed by atoms with E-state index in [4.69, 9.17) is 16.0 Å². The number of hydrogen-bond acceptors (Lipinski definition) is 6. The van der Waals surface area contributed by atoms with Crippen molar-refractivity contribution < 1.29 is 9.21 Å². The van der Waals surface area contributed by atoms with Gasteiger partial charge in [-0.2, -0.15) is 5.10 Å². The molecule has 33 heavy (non-hydrogen) atoms. The number of aromatic nitrogens is 4. The summed E-state index contributed by atoms with van der Waals surface area (Å²) in [6.07, 6.45) is 1.67. The number of hydrogen-bond donors (Lipinski definition) is 1. The van der Waals surface area contributed by atoms with E-state index in [-0.39, 0.29) is 11.7 Å². The highest BCUT2D eigenvalue weighted by Gasteiger charge is 2.13. The number of rotatable bonds is 7. The first-order valence-corrected chi connectivity index (χ1v) is 11.5. The number of nitrogens with zero attached hydrogens (tertiary/aromatic N) is 4. The van der Waals surface area contributed by atoms with Crippen LogP contribution in [0.2, 0.25) is 5.02 Å². The zero-order valence-corrected chi connectivity index (χ0v) is 18.9. The predicted molar refractivity (Wildman–Crippen MR) is 129 cm³/mol. The van der Waals surface area contributed by atoms with Crippen molar-refractivity contribution in [3.05, 3.63) is 89.6 Å². The number of carbonyl (C=O) groups is 1. The zero-order valence-electron chi connectivity index (χ0n) is 17.3. The van der Waals surface area contributed by atoms with Gasteiger partial charge in [-0.05, 0) is 40.6 Å². The molecular formula is C24H18ClN5O2S. The molecule has 0 aliphatic rings. The molecule has 0 fully saturated rings. The largest absolute Gasteiger partial charge is 0.411 e. The number of fused-ring (bicyclic) bond motifs is 1. The summed E-state index contributed by atoms with van der Waals surface area (Å²) in [6.45, 7) is 0.547. The van der Waals surface area contributed by atoms with Crippen molar-refractivity contribution in [2.24, 2.45) is 0 Å². The van der Waals surface area contributed by atoms with Gasteiger partial charge >= 0.3 is 0 Å². The predicted octanol–water partition coefficient (Wildman–Crippen LogP) is 5.52. The van der Waals surface area contributed by atoms with Gasteiger partial charge in [0.05, 0.1) is 18.5 Å². The van der Waals surface area contributed by atoms with Crippen molar-refractivity contribution in [1.82, 2.24) is 20.0 Å². The molecule has 7 nitrogen and oxygen atoms in total. The number of nitrogens with one attached hydrogen (secondary N) is 1. The van der Waals surface area contributed by atoms with E-state index in [1.54, 1.807) is 41.2 Å². The Kier molecular flexibility index (Phi) is 6.10. The molecule has 164 valence electrons. The maximum atomic E-state index is 12.5. The molecule has 2 aromatic heterocycles. The molecule has 1 amide bonds. The summed E-state index contributed by atoms with van der Waals surface area (Å²) in [5.74, 6) is 0.941. The second-order valence-corrected chi connectivity index (χ2v) is 8.59. The lowest BCUT2D eigenvalue weighted by atomic mass is 10.0. The van der Waals surface area contributed by atoms with Crippen LogP contribution in [0.4, 0.5) is 5.82 Å². The number of thioether (sulfide) groups is 1. The Morgan fingerprint density at radius 1 is 1.00 bits per heavy atom. The standard InChI is InChI=1S/C24H18ClN5O2S/c25-19-10-8-17(9-11-19)23-28-29-24(32-23)33-15-22(31)27-21-12-13-26-30(21)14-18-6-3-5-16-4-1-2-7-20(16)18/h1-13H,14-15H2,(H,27,31). The molecule has 0 aliphatic heterocycles. The fourth-order valence-corrected chi connectivity index (χ4v) is 4.13. The van der Waals surface area contributed by atoms with Gasteiger partial charge in [-0.1, -0.05) is 65.8 Å². The maximum absolute atomic E-state index is 12.5. The first-order chi connectivity index (χ1) is 16.2. The summed E-state index contributed by atoms with van der Waals surface area (Å²) in [6, 6.07) is 23.3. The van der Waals surface area contributed by atoms with Crippen LogP contribution in [0.5, 0.6) is 0 Å². The molecule has 0 atom stereocenters. The van der Waals surface area contributed by atoms with Gasteiger partial charge < -0.3 is 9.73 Å². The van der Waals surface area contributed by atoms with Crippen molar-refractivity contribution >= 4 is 45.9 Å². The fraction of sp³-hybridized carbons (Fsp3) is 0.0833. The molecule has 0 bridgehead atoms. The summed E-state index contributed by atoms with van der Waals surface area (Å²) < 4.78 is 7.41. The number of anilines is 1. The quantitative estimate of drug-likeness (QED) is 0.312. The van der Waals surface area contributed by atoms with Gasteiger partial charge in [0.15, 0.2) is 0 Å².